The topological polar surface area (TPSA) is 74.2 Å². The second-order valence-corrected chi connectivity index (χ2v) is 4.32. The maximum absolute atomic E-state index is 10.4. The molecule has 0 aromatic carbocycles. The number of aliphatic carboxylic acids is 1. The first-order valence-electron chi connectivity index (χ1n) is 6.08. The zero-order chi connectivity index (χ0) is 12.8. The van der Waals surface area contributed by atoms with Gasteiger partial charge in [0.25, 0.3) is 0 Å². The van der Waals surface area contributed by atoms with Crippen LogP contribution in [0.2, 0.25) is 0 Å². The third kappa shape index (κ3) is 3.85. The van der Waals surface area contributed by atoms with E-state index in [9.17, 15) is 4.79 Å². The molecule has 1 aromatic rings. The predicted molar refractivity (Wildman–Crippen MR) is 70.4 cm³/mol. The molecular formula is C13H17N3O2. The van der Waals surface area contributed by atoms with Crippen LogP contribution in [0.3, 0.4) is 0 Å². The molecule has 0 spiro atoms. The van der Waals surface area contributed by atoms with E-state index in [4.69, 9.17) is 5.11 Å². The van der Waals surface area contributed by atoms with E-state index in [0.717, 1.165) is 43.4 Å². The van der Waals surface area contributed by atoms with Crippen LogP contribution in [0.4, 0.5) is 5.82 Å². The van der Waals surface area contributed by atoms with Crippen LogP contribution in [0.5, 0.6) is 0 Å². The summed E-state index contributed by atoms with van der Waals surface area (Å²) in [6.07, 6.45) is 6.51. The smallest absolute Gasteiger partial charge is 0.328 e. The number of carboxylic acid groups (broad SMARTS) is 1. The minimum Gasteiger partial charge on any atom is -0.478 e. The first-order chi connectivity index (χ1) is 8.74. The van der Waals surface area contributed by atoms with Crippen LogP contribution in [0.1, 0.15) is 18.4 Å². The summed E-state index contributed by atoms with van der Waals surface area (Å²) in [5, 5.41) is 15.2. The molecule has 1 aromatic heterocycles. The summed E-state index contributed by atoms with van der Waals surface area (Å²) in [6, 6.07) is 4.21. The van der Waals surface area contributed by atoms with E-state index < -0.39 is 5.97 Å². The Bertz CT molecular complexity index is 422. The van der Waals surface area contributed by atoms with E-state index in [2.05, 4.69) is 15.6 Å². The summed E-state index contributed by atoms with van der Waals surface area (Å²) in [6.45, 7) is 2.08. The zero-order valence-electron chi connectivity index (χ0n) is 10.1. The standard InChI is InChI=1S/C13H17N3O2/c17-13(18)4-2-10-1-3-12(15-9-10)16-11-5-7-14-8-6-11/h1-4,9,11,14H,5-8H2,(H,15,16)(H,17,18). The number of piperidine rings is 1. The molecule has 0 amide bonds. The second-order valence-electron chi connectivity index (χ2n) is 4.32. The molecule has 2 rings (SSSR count). The molecule has 0 unspecified atom stereocenters. The highest BCUT2D eigenvalue weighted by Gasteiger charge is 2.12. The maximum atomic E-state index is 10.4. The van der Waals surface area contributed by atoms with Gasteiger partial charge in [-0.25, -0.2) is 9.78 Å². The van der Waals surface area contributed by atoms with Crippen molar-refractivity contribution in [1.29, 1.82) is 0 Å². The molecule has 1 aliphatic heterocycles. The highest BCUT2D eigenvalue weighted by Crippen LogP contribution is 2.12. The molecule has 5 nitrogen and oxygen atoms in total. The van der Waals surface area contributed by atoms with Gasteiger partial charge in [0.1, 0.15) is 5.82 Å². The fourth-order valence-corrected chi connectivity index (χ4v) is 1.93. The van der Waals surface area contributed by atoms with Crippen molar-refractivity contribution in [2.45, 2.75) is 18.9 Å². The highest BCUT2D eigenvalue weighted by molar-refractivity contribution is 5.85. The summed E-state index contributed by atoms with van der Waals surface area (Å²) in [7, 11) is 0. The molecule has 1 aliphatic rings. The van der Waals surface area contributed by atoms with E-state index in [-0.39, 0.29) is 0 Å². The van der Waals surface area contributed by atoms with Crippen LogP contribution >= 0.6 is 0 Å². The number of pyridine rings is 1. The Balaban J connectivity index is 1.92. The minimum absolute atomic E-state index is 0.471. The Kier molecular flexibility index (Phi) is 4.30. The van der Waals surface area contributed by atoms with Crippen molar-refractivity contribution in [2.24, 2.45) is 0 Å². The lowest BCUT2D eigenvalue weighted by Gasteiger charge is -2.24. The van der Waals surface area contributed by atoms with Crippen molar-refractivity contribution in [3.8, 4) is 0 Å². The lowest BCUT2D eigenvalue weighted by Crippen LogP contribution is -2.35. The number of nitrogens with zero attached hydrogens (tertiary/aromatic N) is 1. The molecule has 0 atom stereocenters. The quantitative estimate of drug-likeness (QED) is 0.700. The number of rotatable bonds is 4. The predicted octanol–water partition coefficient (Wildman–Crippen LogP) is 1.34. The fourth-order valence-electron chi connectivity index (χ4n) is 1.93. The molecule has 5 heteroatoms. The molecule has 0 saturated carbocycles. The van der Waals surface area contributed by atoms with Gasteiger partial charge in [0.15, 0.2) is 0 Å². The molecule has 18 heavy (non-hydrogen) atoms. The lowest BCUT2D eigenvalue weighted by atomic mass is 10.1. The van der Waals surface area contributed by atoms with Crippen molar-refractivity contribution in [3.05, 3.63) is 30.0 Å². The zero-order valence-corrected chi connectivity index (χ0v) is 10.1. The monoisotopic (exact) mass is 247 g/mol. The Morgan fingerprint density at radius 3 is 2.83 bits per heavy atom. The normalized spacial score (nSPS) is 16.9. The molecule has 2 heterocycles. The molecule has 1 saturated heterocycles. The van der Waals surface area contributed by atoms with Gasteiger partial charge >= 0.3 is 5.97 Å². The van der Waals surface area contributed by atoms with Crippen molar-refractivity contribution in [1.82, 2.24) is 10.3 Å². The average molecular weight is 247 g/mol. The Morgan fingerprint density at radius 2 is 2.22 bits per heavy atom. The highest BCUT2D eigenvalue weighted by atomic mass is 16.4. The number of aromatic nitrogens is 1. The fraction of sp³-hybridized carbons (Fsp3) is 0.385. The van der Waals surface area contributed by atoms with Gasteiger partial charge in [-0.1, -0.05) is 0 Å². The number of hydrogen-bond acceptors (Lipinski definition) is 4. The molecule has 96 valence electrons. The average Bonchev–Trinajstić information content (AvgIpc) is 2.39. The van der Waals surface area contributed by atoms with E-state index >= 15 is 0 Å². The summed E-state index contributed by atoms with van der Waals surface area (Å²) in [4.78, 5) is 14.7. The molecule has 0 bridgehead atoms. The first kappa shape index (κ1) is 12.6. The second kappa shape index (κ2) is 6.16. The summed E-state index contributed by atoms with van der Waals surface area (Å²) in [5.74, 6) is -0.110. The maximum Gasteiger partial charge on any atom is 0.328 e. The third-order valence-corrected chi connectivity index (χ3v) is 2.90. The Labute approximate surface area is 106 Å². The van der Waals surface area contributed by atoms with Gasteiger partial charge in [0.05, 0.1) is 0 Å². The van der Waals surface area contributed by atoms with Gasteiger partial charge in [-0.05, 0) is 49.7 Å². The summed E-state index contributed by atoms with van der Waals surface area (Å²) >= 11 is 0. The molecule has 1 fully saturated rings. The van der Waals surface area contributed by atoms with Crippen LogP contribution in [-0.2, 0) is 4.79 Å². The minimum atomic E-state index is -0.952. The number of nitrogens with one attached hydrogen (secondary N) is 2. The van der Waals surface area contributed by atoms with Gasteiger partial charge in [0, 0.05) is 18.3 Å². The van der Waals surface area contributed by atoms with Gasteiger partial charge < -0.3 is 15.7 Å². The number of anilines is 1. The van der Waals surface area contributed by atoms with Crippen molar-refractivity contribution in [3.63, 3.8) is 0 Å². The number of carbonyl (C=O) groups is 1. The summed E-state index contributed by atoms with van der Waals surface area (Å²) in [5.41, 5.74) is 0.785. The largest absolute Gasteiger partial charge is 0.478 e. The Morgan fingerprint density at radius 1 is 1.44 bits per heavy atom. The van der Waals surface area contributed by atoms with E-state index in [0.29, 0.717) is 6.04 Å². The van der Waals surface area contributed by atoms with Crippen molar-refractivity contribution in [2.75, 3.05) is 18.4 Å². The lowest BCUT2D eigenvalue weighted by molar-refractivity contribution is -0.131. The molecular weight excluding hydrogens is 230 g/mol. The van der Waals surface area contributed by atoms with Gasteiger partial charge in [-0.15, -0.1) is 0 Å². The van der Waals surface area contributed by atoms with Gasteiger partial charge in [0.2, 0.25) is 0 Å². The third-order valence-electron chi connectivity index (χ3n) is 2.90. The van der Waals surface area contributed by atoms with Crippen LogP contribution in [0, 0.1) is 0 Å². The summed E-state index contributed by atoms with van der Waals surface area (Å²) < 4.78 is 0. The number of hydrogen-bond donors (Lipinski definition) is 3. The molecule has 0 radical (unpaired) electrons. The van der Waals surface area contributed by atoms with Crippen LogP contribution in [-0.4, -0.2) is 35.2 Å². The van der Waals surface area contributed by atoms with Gasteiger partial charge in [-0.2, -0.15) is 0 Å². The van der Waals surface area contributed by atoms with E-state index in [1.807, 2.05) is 12.1 Å². The van der Waals surface area contributed by atoms with Gasteiger partial charge in [-0.3, -0.25) is 0 Å². The van der Waals surface area contributed by atoms with Crippen LogP contribution < -0.4 is 10.6 Å². The molecule has 0 aliphatic carbocycles. The van der Waals surface area contributed by atoms with Crippen LogP contribution in [0.25, 0.3) is 6.08 Å². The SMILES string of the molecule is O=C(O)C=Cc1ccc(NC2CCNCC2)nc1. The Hall–Kier alpha value is -1.88. The number of carboxylic acids is 1. The van der Waals surface area contributed by atoms with Crippen LogP contribution in [0.15, 0.2) is 24.4 Å². The van der Waals surface area contributed by atoms with E-state index in [1.165, 1.54) is 6.08 Å². The molecule has 3 N–H and O–H groups in total. The van der Waals surface area contributed by atoms with Crippen molar-refractivity contribution >= 4 is 17.9 Å². The first-order valence-corrected chi connectivity index (χ1v) is 6.08. The van der Waals surface area contributed by atoms with E-state index in [1.54, 1.807) is 6.20 Å². The van der Waals surface area contributed by atoms with Crippen molar-refractivity contribution < 1.29 is 9.90 Å².